The quantitative estimate of drug-likeness (QED) is 0.565. The molecule has 2 aromatic carbocycles. The zero-order chi connectivity index (χ0) is 24.2. The molecule has 1 aliphatic heterocycles. The third-order valence-corrected chi connectivity index (χ3v) is 6.39. The van der Waals surface area contributed by atoms with E-state index in [1.54, 1.807) is 0 Å². The molecule has 3 aromatic rings. The summed E-state index contributed by atoms with van der Waals surface area (Å²) in [6.45, 7) is -0.442. The SMILES string of the molecule is O=C(OCC(=O)N1N=C2C(=Cc3ccccc3)CCCC2C1c1ccccc1)c1ccc(=O)[nH]c1. The predicted octanol–water partition coefficient (Wildman–Crippen LogP) is 4.35. The third kappa shape index (κ3) is 4.84. The minimum atomic E-state index is -0.681. The molecule has 0 spiro atoms. The van der Waals surface area contributed by atoms with Crippen LogP contribution in [0.15, 0.2) is 94.5 Å². The summed E-state index contributed by atoms with van der Waals surface area (Å²) in [6.07, 6.45) is 6.25. The first kappa shape index (κ1) is 22.5. The minimum Gasteiger partial charge on any atom is -0.452 e. The van der Waals surface area contributed by atoms with Gasteiger partial charge in [0.05, 0.1) is 17.3 Å². The summed E-state index contributed by atoms with van der Waals surface area (Å²) >= 11 is 0. The Balaban J connectivity index is 1.42. The van der Waals surface area contributed by atoms with Crippen LogP contribution in [0.3, 0.4) is 0 Å². The molecule has 1 saturated carbocycles. The molecule has 2 atom stereocenters. The van der Waals surface area contributed by atoms with Crippen molar-refractivity contribution < 1.29 is 14.3 Å². The number of esters is 1. The fraction of sp³-hybridized carbons (Fsp3) is 0.214. The zero-order valence-electron chi connectivity index (χ0n) is 19.1. The Morgan fingerprint density at radius 1 is 1.03 bits per heavy atom. The minimum absolute atomic E-state index is 0.0694. The summed E-state index contributed by atoms with van der Waals surface area (Å²) in [4.78, 5) is 39.3. The second-order valence-corrected chi connectivity index (χ2v) is 8.68. The third-order valence-electron chi connectivity index (χ3n) is 6.39. The van der Waals surface area contributed by atoms with Crippen molar-refractivity contribution in [3.05, 3.63) is 112 Å². The summed E-state index contributed by atoms with van der Waals surface area (Å²) in [6, 6.07) is 22.3. The van der Waals surface area contributed by atoms with Gasteiger partial charge < -0.3 is 9.72 Å². The van der Waals surface area contributed by atoms with Crippen molar-refractivity contribution in [2.45, 2.75) is 25.3 Å². The van der Waals surface area contributed by atoms with Gasteiger partial charge in [-0.2, -0.15) is 5.10 Å². The molecule has 2 heterocycles. The lowest BCUT2D eigenvalue weighted by atomic mass is 9.77. The van der Waals surface area contributed by atoms with Crippen LogP contribution in [0.5, 0.6) is 0 Å². The van der Waals surface area contributed by atoms with Crippen LogP contribution in [-0.2, 0) is 9.53 Å². The molecule has 1 aliphatic carbocycles. The number of fused-ring (bicyclic) bond motifs is 1. The number of amides is 1. The Morgan fingerprint density at radius 2 is 1.77 bits per heavy atom. The van der Waals surface area contributed by atoms with E-state index in [1.165, 1.54) is 23.3 Å². The normalized spacial score (nSPS) is 20.3. The summed E-state index contributed by atoms with van der Waals surface area (Å²) in [7, 11) is 0. The van der Waals surface area contributed by atoms with E-state index >= 15 is 0 Å². The van der Waals surface area contributed by atoms with Crippen LogP contribution >= 0.6 is 0 Å². The van der Waals surface area contributed by atoms with E-state index in [4.69, 9.17) is 9.84 Å². The molecule has 0 saturated heterocycles. The Bertz CT molecular complexity index is 1320. The summed E-state index contributed by atoms with van der Waals surface area (Å²) < 4.78 is 5.27. The van der Waals surface area contributed by atoms with Crippen molar-refractivity contribution in [3.8, 4) is 0 Å². The van der Waals surface area contributed by atoms with Crippen molar-refractivity contribution in [2.24, 2.45) is 11.0 Å². The number of aromatic nitrogens is 1. The lowest BCUT2D eigenvalue weighted by molar-refractivity contribution is -0.137. The topological polar surface area (TPSA) is 91.8 Å². The number of carbonyl (C=O) groups is 2. The van der Waals surface area contributed by atoms with Gasteiger partial charge in [0.15, 0.2) is 6.61 Å². The zero-order valence-corrected chi connectivity index (χ0v) is 19.1. The molecule has 35 heavy (non-hydrogen) atoms. The number of nitrogens with one attached hydrogen (secondary N) is 1. The van der Waals surface area contributed by atoms with Gasteiger partial charge in [-0.25, -0.2) is 9.80 Å². The Labute approximate surface area is 202 Å². The van der Waals surface area contributed by atoms with E-state index in [0.717, 1.165) is 41.7 Å². The number of H-pyrrole nitrogens is 1. The molecule has 1 aromatic heterocycles. The van der Waals surface area contributed by atoms with Crippen molar-refractivity contribution >= 4 is 23.7 Å². The van der Waals surface area contributed by atoms with E-state index in [-0.39, 0.29) is 23.1 Å². The average Bonchev–Trinajstić information content (AvgIpc) is 3.29. The van der Waals surface area contributed by atoms with Crippen LogP contribution in [0, 0.1) is 5.92 Å². The number of aromatic amines is 1. The number of benzene rings is 2. The average molecular weight is 468 g/mol. The lowest BCUT2D eigenvalue weighted by Gasteiger charge is -2.29. The van der Waals surface area contributed by atoms with Crippen LogP contribution in [0.2, 0.25) is 0 Å². The lowest BCUT2D eigenvalue weighted by Crippen LogP contribution is -2.34. The van der Waals surface area contributed by atoms with E-state index in [0.29, 0.717) is 0 Å². The van der Waals surface area contributed by atoms with E-state index < -0.39 is 18.5 Å². The Hall–Kier alpha value is -4.26. The van der Waals surface area contributed by atoms with Crippen molar-refractivity contribution in [1.29, 1.82) is 0 Å². The van der Waals surface area contributed by atoms with Gasteiger partial charge in [0.2, 0.25) is 5.56 Å². The molecule has 1 N–H and O–H groups in total. The first-order valence-electron chi connectivity index (χ1n) is 11.7. The van der Waals surface area contributed by atoms with Gasteiger partial charge in [0, 0.05) is 18.2 Å². The Kier molecular flexibility index (Phi) is 6.39. The molecule has 1 fully saturated rings. The van der Waals surface area contributed by atoms with E-state index in [2.05, 4.69) is 23.2 Å². The number of hydrogen-bond acceptors (Lipinski definition) is 5. The van der Waals surface area contributed by atoms with Crippen molar-refractivity contribution in [3.63, 3.8) is 0 Å². The van der Waals surface area contributed by atoms with Crippen LogP contribution in [0.1, 0.15) is 46.8 Å². The molecule has 2 unspecified atom stereocenters. The second kappa shape index (κ2) is 9.93. The van der Waals surface area contributed by atoms with E-state index in [9.17, 15) is 14.4 Å². The fourth-order valence-corrected chi connectivity index (χ4v) is 4.76. The maximum absolute atomic E-state index is 13.3. The molecular formula is C28H25N3O4. The number of hydrogen-bond donors (Lipinski definition) is 1. The number of ether oxygens (including phenoxy) is 1. The summed E-state index contributed by atoms with van der Waals surface area (Å²) in [5.41, 5.74) is 4.01. The smallest absolute Gasteiger partial charge is 0.340 e. The molecular weight excluding hydrogens is 442 g/mol. The first-order valence-corrected chi connectivity index (χ1v) is 11.7. The second-order valence-electron chi connectivity index (χ2n) is 8.68. The van der Waals surface area contributed by atoms with Crippen LogP contribution in [-0.4, -0.2) is 34.2 Å². The summed E-state index contributed by atoms with van der Waals surface area (Å²) in [5, 5.41) is 6.29. The number of rotatable bonds is 5. The van der Waals surface area contributed by atoms with Gasteiger partial charge in [-0.1, -0.05) is 60.7 Å². The number of hydrazone groups is 1. The maximum atomic E-state index is 13.3. The van der Waals surface area contributed by atoms with E-state index in [1.807, 2.05) is 48.5 Å². The van der Waals surface area contributed by atoms with Crippen LogP contribution in [0.25, 0.3) is 6.08 Å². The highest BCUT2D eigenvalue weighted by molar-refractivity contribution is 6.08. The van der Waals surface area contributed by atoms with Gasteiger partial charge >= 0.3 is 5.97 Å². The monoisotopic (exact) mass is 467 g/mol. The molecule has 0 radical (unpaired) electrons. The van der Waals surface area contributed by atoms with Crippen molar-refractivity contribution in [2.75, 3.05) is 6.61 Å². The van der Waals surface area contributed by atoms with Crippen LogP contribution in [0.4, 0.5) is 0 Å². The number of allylic oxidation sites excluding steroid dienone is 1. The van der Waals surface area contributed by atoms with Gasteiger partial charge in [0.1, 0.15) is 0 Å². The molecule has 7 heteroatoms. The molecule has 7 nitrogen and oxygen atoms in total. The van der Waals surface area contributed by atoms with Gasteiger partial charge in [-0.05, 0) is 48.1 Å². The highest BCUT2D eigenvalue weighted by atomic mass is 16.5. The highest BCUT2D eigenvalue weighted by Crippen LogP contribution is 2.44. The standard InChI is InChI=1S/C28H25N3O4/c32-24-15-14-22(17-29-24)28(34)35-18-25(33)31-27(20-10-5-2-6-11-20)23-13-7-12-21(26(23)30-31)16-19-8-3-1-4-9-19/h1-6,8-11,14-17,23,27H,7,12-13,18H2,(H,29,32). The molecule has 176 valence electrons. The van der Waals surface area contributed by atoms with Crippen molar-refractivity contribution in [1.82, 2.24) is 9.99 Å². The van der Waals surface area contributed by atoms with Gasteiger partial charge in [-0.3, -0.25) is 9.59 Å². The number of pyridine rings is 1. The predicted molar refractivity (Wildman–Crippen MR) is 133 cm³/mol. The molecule has 1 amide bonds. The molecule has 2 aliphatic rings. The largest absolute Gasteiger partial charge is 0.452 e. The Morgan fingerprint density at radius 3 is 2.49 bits per heavy atom. The van der Waals surface area contributed by atoms with Gasteiger partial charge in [-0.15, -0.1) is 0 Å². The maximum Gasteiger partial charge on any atom is 0.340 e. The van der Waals surface area contributed by atoms with Gasteiger partial charge in [0.25, 0.3) is 5.91 Å². The number of nitrogens with zero attached hydrogens (tertiary/aromatic N) is 2. The number of carbonyl (C=O) groups excluding carboxylic acids is 2. The molecule has 5 rings (SSSR count). The first-order chi connectivity index (χ1) is 17.1. The van der Waals surface area contributed by atoms with Crippen LogP contribution < -0.4 is 5.56 Å². The highest BCUT2D eigenvalue weighted by Gasteiger charge is 2.43. The summed E-state index contributed by atoms with van der Waals surface area (Å²) in [5.74, 6) is -1.00. The fourth-order valence-electron chi connectivity index (χ4n) is 4.76. The molecule has 0 bridgehead atoms.